The van der Waals surface area contributed by atoms with Crippen LogP contribution in [0.4, 0.5) is 0 Å². The average Bonchev–Trinajstić information content (AvgIpc) is 3.18. The lowest BCUT2D eigenvalue weighted by molar-refractivity contribution is -0.303. The first-order chi connectivity index (χ1) is 26.7. The van der Waals surface area contributed by atoms with Gasteiger partial charge < -0.3 is 50.5 Å². The number of unbranched alkanes of at least 4 members (excludes halogenated alkanes) is 23. The smallest absolute Gasteiger partial charge is 0.249 e. The molecule has 1 unspecified atom stereocenters. The molecule has 1 amide bonds. The molecule has 11 nitrogen and oxygen atoms in total. The van der Waals surface area contributed by atoms with E-state index >= 15 is 0 Å². The molecule has 1 aliphatic rings. The third-order valence-corrected chi connectivity index (χ3v) is 11.1. The lowest BCUT2D eigenvalue weighted by Crippen LogP contribution is -2.60. The molecule has 0 bridgehead atoms. The molecule has 0 aromatic rings. The van der Waals surface area contributed by atoms with Crippen LogP contribution in [0.2, 0.25) is 0 Å². The standard InChI is InChI=1S/C44H85NO10/c1-3-5-7-9-11-13-15-17-18-19-20-22-24-26-28-30-32-37(48)43(53)45-35(34-54-44-42(52)41(51)40(50)38(33-46)55-44)39(49)36(47)31-29-27-25-23-21-16-14-12-10-8-6-4-2/h23,25,35-42,44,46-52H,3-22,24,26-34H2,1-2H3,(H,45,53)/b25-23+/t35-,36+,37?,38+,39-,40+,41-,42+,44+/m0/s1. The lowest BCUT2D eigenvalue weighted by atomic mass is 9.98. The number of hydrogen-bond acceptors (Lipinski definition) is 10. The van der Waals surface area contributed by atoms with E-state index in [2.05, 4.69) is 31.3 Å². The molecule has 1 heterocycles. The van der Waals surface area contributed by atoms with Crippen LogP contribution in [-0.2, 0) is 14.3 Å². The van der Waals surface area contributed by atoms with Gasteiger partial charge in [0.1, 0.15) is 36.6 Å². The van der Waals surface area contributed by atoms with Gasteiger partial charge in [-0.15, -0.1) is 0 Å². The van der Waals surface area contributed by atoms with Gasteiger partial charge in [0.2, 0.25) is 5.91 Å². The second kappa shape index (κ2) is 34.9. The van der Waals surface area contributed by atoms with Gasteiger partial charge in [-0.25, -0.2) is 0 Å². The van der Waals surface area contributed by atoms with Crippen LogP contribution in [0.3, 0.4) is 0 Å². The van der Waals surface area contributed by atoms with E-state index in [1.54, 1.807) is 0 Å². The topological polar surface area (TPSA) is 189 Å². The second-order valence-corrected chi connectivity index (χ2v) is 16.1. The molecule has 0 aromatic heterocycles. The number of carbonyl (C=O) groups is 1. The molecule has 0 aromatic carbocycles. The van der Waals surface area contributed by atoms with Crippen LogP contribution >= 0.6 is 0 Å². The monoisotopic (exact) mass is 788 g/mol. The first kappa shape index (κ1) is 51.9. The van der Waals surface area contributed by atoms with Gasteiger partial charge in [-0.2, -0.15) is 0 Å². The van der Waals surface area contributed by atoms with Crippen molar-refractivity contribution in [3.05, 3.63) is 12.2 Å². The van der Waals surface area contributed by atoms with Gasteiger partial charge in [0, 0.05) is 0 Å². The van der Waals surface area contributed by atoms with Gasteiger partial charge in [0.05, 0.1) is 25.4 Å². The first-order valence-corrected chi connectivity index (χ1v) is 22.6. The molecular weight excluding hydrogens is 702 g/mol. The van der Waals surface area contributed by atoms with E-state index in [0.29, 0.717) is 12.8 Å². The largest absolute Gasteiger partial charge is 0.394 e. The van der Waals surface area contributed by atoms with Crippen molar-refractivity contribution in [2.24, 2.45) is 0 Å². The summed E-state index contributed by atoms with van der Waals surface area (Å²) in [5.41, 5.74) is 0. The second-order valence-electron chi connectivity index (χ2n) is 16.1. The minimum absolute atomic E-state index is 0.258. The summed E-state index contributed by atoms with van der Waals surface area (Å²) in [7, 11) is 0. The fourth-order valence-electron chi connectivity index (χ4n) is 7.26. The SMILES string of the molecule is CCCCCCCCC/C=C/CCC[C@@H](O)[C@@H](O)[C@H](CO[C@@H]1O[C@H](CO)[C@@H](O)[C@H](O)[C@H]1O)NC(=O)C(O)CCCCCCCCCCCCCCCCCC. The summed E-state index contributed by atoms with van der Waals surface area (Å²) in [6, 6.07) is -1.18. The number of aliphatic hydroxyl groups is 7. The fourth-order valence-corrected chi connectivity index (χ4v) is 7.26. The van der Waals surface area contributed by atoms with E-state index in [1.807, 2.05) is 0 Å². The minimum atomic E-state index is -1.66. The Morgan fingerprint density at radius 2 is 1.07 bits per heavy atom. The normalized spacial score (nSPS) is 22.5. The quantitative estimate of drug-likeness (QED) is 0.0243. The Hall–Kier alpha value is -1.15. The Morgan fingerprint density at radius 1 is 0.618 bits per heavy atom. The molecule has 0 spiro atoms. The number of ether oxygens (including phenoxy) is 2. The van der Waals surface area contributed by atoms with Gasteiger partial charge >= 0.3 is 0 Å². The predicted molar refractivity (Wildman–Crippen MR) is 219 cm³/mol. The van der Waals surface area contributed by atoms with Crippen LogP contribution in [0.15, 0.2) is 12.2 Å². The molecule has 1 rings (SSSR count). The Balaban J connectivity index is 2.48. The van der Waals surface area contributed by atoms with E-state index in [-0.39, 0.29) is 12.8 Å². The zero-order valence-electron chi connectivity index (χ0n) is 34.9. The van der Waals surface area contributed by atoms with Crippen LogP contribution < -0.4 is 5.32 Å². The Bertz CT molecular complexity index is 908. The van der Waals surface area contributed by atoms with Crippen molar-refractivity contribution in [3.63, 3.8) is 0 Å². The number of hydrogen-bond donors (Lipinski definition) is 8. The molecule has 8 N–H and O–H groups in total. The van der Waals surface area contributed by atoms with Gasteiger partial charge in [0.25, 0.3) is 0 Å². The predicted octanol–water partition coefficient (Wildman–Crippen LogP) is 6.89. The van der Waals surface area contributed by atoms with Crippen molar-refractivity contribution in [2.45, 2.75) is 249 Å². The number of amides is 1. The lowest BCUT2D eigenvalue weighted by Gasteiger charge is -2.40. The van der Waals surface area contributed by atoms with E-state index in [9.17, 15) is 40.5 Å². The van der Waals surface area contributed by atoms with Gasteiger partial charge in [-0.3, -0.25) is 4.79 Å². The highest BCUT2D eigenvalue weighted by molar-refractivity contribution is 5.80. The molecule has 11 heteroatoms. The molecule has 326 valence electrons. The van der Waals surface area contributed by atoms with Crippen molar-refractivity contribution < 1.29 is 50.0 Å². The average molecular weight is 788 g/mol. The van der Waals surface area contributed by atoms with Crippen LogP contribution in [0.25, 0.3) is 0 Å². The molecular formula is C44H85NO10. The molecule has 1 saturated heterocycles. The number of carbonyl (C=O) groups excluding carboxylic acids is 1. The molecule has 0 radical (unpaired) electrons. The number of nitrogens with one attached hydrogen (secondary N) is 1. The molecule has 9 atom stereocenters. The van der Waals surface area contributed by atoms with Crippen molar-refractivity contribution in [1.29, 1.82) is 0 Å². The van der Waals surface area contributed by atoms with Crippen LogP contribution in [0.5, 0.6) is 0 Å². The van der Waals surface area contributed by atoms with E-state index in [1.165, 1.54) is 116 Å². The van der Waals surface area contributed by atoms with Gasteiger partial charge in [-0.1, -0.05) is 167 Å². The number of allylic oxidation sites excluding steroid dienone is 2. The van der Waals surface area contributed by atoms with Gasteiger partial charge in [-0.05, 0) is 38.5 Å². The molecule has 1 fully saturated rings. The maximum atomic E-state index is 13.0. The molecule has 0 aliphatic carbocycles. The highest BCUT2D eigenvalue weighted by Gasteiger charge is 2.44. The summed E-state index contributed by atoms with van der Waals surface area (Å²) >= 11 is 0. The highest BCUT2D eigenvalue weighted by Crippen LogP contribution is 2.23. The zero-order chi connectivity index (χ0) is 40.5. The zero-order valence-corrected chi connectivity index (χ0v) is 34.9. The fraction of sp³-hybridized carbons (Fsp3) is 0.932. The van der Waals surface area contributed by atoms with Crippen LogP contribution in [0, 0.1) is 0 Å². The van der Waals surface area contributed by atoms with E-state index in [0.717, 1.165) is 38.5 Å². The summed E-state index contributed by atoms with van der Waals surface area (Å²) in [5.74, 6) is -0.706. The molecule has 1 aliphatic heterocycles. The summed E-state index contributed by atoms with van der Waals surface area (Å²) in [4.78, 5) is 13.0. The van der Waals surface area contributed by atoms with Crippen LogP contribution in [0.1, 0.15) is 194 Å². The van der Waals surface area contributed by atoms with Gasteiger partial charge in [0.15, 0.2) is 6.29 Å². The summed E-state index contributed by atoms with van der Waals surface area (Å²) in [5, 5.41) is 75.5. The van der Waals surface area contributed by atoms with Crippen molar-refractivity contribution >= 4 is 5.91 Å². The van der Waals surface area contributed by atoms with Crippen LogP contribution in [-0.4, -0.2) is 110 Å². The maximum Gasteiger partial charge on any atom is 0.249 e. The molecule has 55 heavy (non-hydrogen) atoms. The van der Waals surface area contributed by atoms with Crippen molar-refractivity contribution in [3.8, 4) is 0 Å². The highest BCUT2D eigenvalue weighted by atomic mass is 16.7. The minimum Gasteiger partial charge on any atom is -0.394 e. The third-order valence-electron chi connectivity index (χ3n) is 11.1. The Morgan fingerprint density at radius 3 is 1.56 bits per heavy atom. The van der Waals surface area contributed by atoms with Crippen molar-refractivity contribution in [2.75, 3.05) is 13.2 Å². The first-order valence-electron chi connectivity index (χ1n) is 22.6. The summed E-state index contributed by atoms with van der Waals surface area (Å²) < 4.78 is 11.1. The summed E-state index contributed by atoms with van der Waals surface area (Å²) in [6.07, 6.45) is 24.1. The number of aliphatic hydroxyl groups excluding tert-OH is 7. The van der Waals surface area contributed by atoms with Crippen molar-refractivity contribution in [1.82, 2.24) is 5.32 Å². The Labute approximate surface area is 334 Å². The van der Waals surface area contributed by atoms with E-state index in [4.69, 9.17) is 9.47 Å². The number of rotatable bonds is 37. The summed E-state index contributed by atoms with van der Waals surface area (Å²) in [6.45, 7) is 3.41. The Kier molecular flexibility index (Phi) is 32.9. The third kappa shape index (κ3) is 25.1. The maximum absolute atomic E-state index is 13.0. The molecule has 0 saturated carbocycles. The van der Waals surface area contributed by atoms with E-state index < -0.39 is 74.2 Å².